The zero-order valence-electron chi connectivity index (χ0n) is 16.7. The summed E-state index contributed by atoms with van der Waals surface area (Å²) in [4.78, 5) is 24.0. The number of ether oxygens (including phenoxy) is 1. The molecule has 2 heterocycles. The monoisotopic (exact) mass is 454 g/mol. The highest BCUT2D eigenvalue weighted by Gasteiger charge is 2.39. The van der Waals surface area contributed by atoms with Gasteiger partial charge in [-0.3, -0.25) is 14.7 Å². The lowest BCUT2D eigenvalue weighted by molar-refractivity contribution is -0.142. The van der Waals surface area contributed by atoms with Crippen molar-refractivity contribution in [3.8, 4) is 11.4 Å². The van der Waals surface area contributed by atoms with Crippen LogP contribution < -0.4 is 10.9 Å². The summed E-state index contributed by atoms with van der Waals surface area (Å²) in [5.74, 6) is 0. The first-order valence-corrected chi connectivity index (χ1v) is 9.37. The molecule has 31 heavy (non-hydrogen) atoms. The van der Waals surface area contributed by atoms with Crippen LogP contribution in [0, 0.1) is 0 Å². The van der Waals surface area contributed by atoms with E-state index < -0.39 is 29.3 Å². The number of aromatic nitrogens is 3. The maximum atomic E-state index is 13.7. The maximum Gasteiger partial charge on any atom is 0.435 e. The Balaban J connectivity index is 1.96. The molecule has 0 saturated carbocycles. The number of pyridine rings is 1. The number of hydrogen-bond acceptors (Lipinski definition) is 4. The molecular formula is C20H18ClF3N4O3. The molecule has 3 rings (SSSR count). The van der Waals surface area contributed by atoms with Gasteiger partial charge < -0.3 is 4.74 Å². The molecule has 0 unspecified atom stereocenters. The summed E-state index contributed by atoms with van der Waals surface area (Å²) in [6.07, 6.45) is -3.50. The Morgan fingerprint density at radius 3 is 2.26 bits per heavy atom. The van der Waals surface area contributed by atoms with Crippen LogP contribution in [0.2, 0.25) is 5.02 Å². The molecule has 11 heteroatoms. The van der Waals surface area contributed by atoms with Crippen molar-refractivity contribution in [2.75, 3.05) is 5.32 Å². The van der Waals surface area contributed by atoms with Crippen molar-refractivity contribution in [1.82, 2.24) is 14.3 Å². The molecule has 0 saturated heterocycles. The summed E-state index contributed by atoms with van der Waals surface area (Å²) in [5, 5.41) is 6.14. The van der Waals surface area contributed by atoms with Crippen LogP contribution in [0.1, 0.15) is 26.5 Å². The zero-order valence-corrected chi connectivity index (χ0v) is 17.5. The van der Waals surface area contributed by atoms with Gasteiger partial charge in [-0.2, -0.15) is 18.3 Å². The molecule has 164 valence electrons. The number of nitrogens with zero attached hydrogens (tertiary/aromatic N) is 3. The number of benzene rings is 1. The van der Waals surface area contributed by atoms with Crippen molar-refractivity contribution in [1.29, 1.82) is 0 Å². The minimum atomic E-state index is -4.81. The van der Waals surface area contributed by atoms with Crippen molar-refractivity contribution < 1.29 is 22.7 Å². The van der Waals surface area contributed by atoms with Gasteiger partial charge in [-0.1, -0.05) is 11.6 Å². The minimum Gasteiger partial charge on any atom is -0.444 e. The normalized spacial score (nSPS) is 12.0. The van der Waals surface area contributed by atoms with Gasteiger partial charge in [0.05, 0.1) is 17.6 Å². The second kappa shape index (κ2) is 8.10. The highest BCUT2D eigenvalue weighted by atomic mass is 35.5. The van der Waals surface area contributed by atoms with Gasteiger partial charge in [0.15, 0.2) is 5.69 Å². The number of carbonyl (C=O) groups is 1. The molecule has 0 aliphatic heterocycles. The van der Waals surface area contributed by atoms with Crippen molar-refractivity contribution >= 4 is 23.4 Å². The van der Waals surface area contributed by atoms with Crippen LogP contribution in [0.4, 0.5) is 23.7 Å². The summed E-state index contributed by atoms with van der Waals surface area (Å²) in [7, 11) is 0. The number of carbonyl (C=O) groups excluding carboxylic acids is 1. The third-order valence-electron chi connectivity index (χ3n) is 3.93. The number of hydrogen-bond donors (Lipinski definition) is 1. The van der Waals surface area contributed by atoms with Gasteiger partial charge in [0.25, 0.3) is 5.56 Å². The summed E-state index contributed by atoms with van der Waals surface area (Å²) in [6, 6.07) is 8.41. The van der Waals surface area contributed by atoms with E-state index >= 15 is 0 Å². The lowest BCUT2D eigenvalue weighted by Gasteiger charge is -2.20. The van der Waals surface area contributed by atoms with E-state index in [-0.39, 0.29) is 16.3 Å². The fraction of sp³-hybridized carbons (Fsp3) is 0.250. The van der Waals surface area contributed by atoms with Crippen LogP contribution in [0.5, 0.6) is 0 Å². The molecule has 0 spiro atoms. The minimum absolute atomic E-state index is 0.0790. The number of anilines is 1. The van der Waals surface area contributed by atoms with Gasteiger partial charge in [-0.25, -0.2) is 9.48 Å². The van der Waals surface area contributed by atoms with Crippen molar-refractivity contribution in [2.24, 2.45) is 0 Å². The first kappa shape index (κ1) is 22.4. The molecule has 0 aliphatic rings. The number of rotatable bonds is 3. The Kier molecular flexibility index (Phi) is 5.86. The molecule has 1 aromatic carbocycles. The van der Waals surface area contributed by atoms with Crippen molar-refractivity contribution in [3.63, 3.8) is 0 Å². The predicted octanol–water partition coefficient (Wildman–Crippen LogP) is 5.04. The molecule has 0 radical (unpaired) electrons. The SMILES string of the molecule is CC(C)(C)OC(=O)Nc1cnn(-c2ccc(-n3ccc(Cl)cc3=O)cc2)c1C(F)(F)F. The van der Waals surface area contributed by atoms with E-state index in [0.717, 1.165) is 6.20 Å². The van der Waals surface area contributed by atoms with E-state index in [1.54, 1.807) is 20.8 Å². The van der Waals surface area contributed by atoms with E-state index in [1.807, 2.05) is 0 Å². The summed E-state index contributed by atoms with van der Waals surface area (Å²) < 4.78 is 48.2. The third-order valence-corrected chi connectivity index (χ3v) is 4.16. The van der Waals surface area contributed by atoms with E-state index in [9.17, 15) is 22.8 Å². The van der Waals surface area contributed by atoms with Gasteiger partial charge in [-0.15, -0.1) is 0 Å². The van der Waals surface area contributed by atoms with E-state index in [2.05, 4.69) is 10.4 Å². The smallest absolute Gasteiger partial charge is 0.435 e. The summed E-state index contributed by atoms with van der Waals surface area (Å²) >= 11 is 5.77. The van der Waals surface area contributed by atoms with Gasteiger partial charge >= 0.3 is 12.3 Å². The number of halogens is 4. The Hall–Kier alpha value is -3.27. The summed E-state index contributed by atoms with van der Waals surface area (Å²) in [6.45, 7) is 4.77. The highest BCUT2D eigenvalue weighted by molar-refractivity contribution is 6.30. The highest BCUT2D eigenvalue weighted by Crippen LogP contribution is 2.36. The van der Waals surface area contributed by atoms with Crippen LogP contribution >= 0.6 is 11.6 Å². The molecule has 3 aromatic rings. The Morgan fingerprint density at radius 1 is 1.10 bits per heavy atom. The van der Waals surface area contributed by atoms with Gasteiger partial charge in [-0.05, 0) is 51.1 Å². The first-order chi connectivity index (χ1) is 14.3. The lowest BCUT2D eigenvalue weighted by Crippen LogP contribution is -2.28. The van der Waals surface area contributed by atoms with Crippen LogP contribution in [-0.2, 0) is 10.9 Å². The van der Waals surface area contributed by atoms with Gasteiger partial charge in [0.1, 0.15) is 5.60 Å². The molecule has 0 atom stereocenters. The van der Waals surface area contributed by atoms with E-state index in [0.29, 0.717) is 10.4 Å². The van der Waals surface area contributed by atoms with E-state index in [1.165, 1.54) is 47.2 Å². The standard InChI is InChI=1S/C20H18ClF3N4O3/c1-19(2,3)31-18(30)26-15-11-25-28(17(15)20(22,23)24)14-6-4-13(5-7-14)27-9-8-12(21)10-16(27)29/h4-11H,1-3H3,(H,26,30). The largest absolute Gasteiger partial charge is 0.444 e. The lowest BCUT2D eigenvalue weighted by atomic mass is 10.2. The Morgan fingerprint density at radius 2 is 1.71 bits per heavy atom. The number of amides is 1. The molecule has 1 N–H and O–H groups in total. The fourth-order valence-electron chi connectivity index (χ4n) is 2.74. The van der Waals surface area contributed by atoms with Crippen LogP contribution in [0.15, 0.2) is 53.6 Å². The van der Waals surface area contributed by atoms with Crippen molar-refractivity contribution in [2.45, 2.75) is 32.5 Å². The maximum absolute atomic E-state index is 13.7. The first-order valence-electron chi connectivity index (χ1n) is 8.99. The van der Waals surface area contributed by atoms with Crippen molar-refractivity contribution in [3.05, 3.63) is 69.9 Å². The van der Waals surface area contributed by atoms with Gasteiger partial charge in [0.2, 0.25) is 0 Å². The van der Waals surface area contributed by atoms with E-state index in [4.69, 9.17) is 16.3 Å². The van der Waals surface area contributed by atoms with Gasteiger partial charge in [0, 0.05) is 23.0 Å². The number of nitrogens with one attached hydrogen (secondary N) is 1. The molecule has 7 nitrogen and oxygen atoms in total. The Labute approximate surface area is 180 Å². The second-order valence-corrected chi connectivity index (χ2v) is 7.95. The van der Waals surface area contributed by atoms with Crippen LogP contribution in [0.25, 0.3) is 11.4 Å². The zero-order chi connectivity index (χ0) is 23.0. The fourth-order valence-corrected chi connectivity index (χ4v) is 2.89. The average Bonchev–Trinajstić information content (AvgIpc) is 3.04. The quantitative estimate of drug-likeness (QED) is 0.601. The molecule has 2 aromatic heterocycles. The molecule has 0 aliphatic carbocycles. The second-order valence-electron chi connectivity index (χ2n) is 7.51. The number of alkyl halides is 3. The Bertz CT molecular complexity index is 1160. The molecule has 1 amide bonds. The topological polar surface area (TPSA) is 78.2 Å². The predicted molar refractivity (Wildman–Crippen MR) is 109 cm³/mol. The summed E-state index contributed by atoms with van der Waals surface area (Å²) in [5.41, 5.74) is -2.48. The van der Waals surface area contributed by atoms with Crippen LogP contribution in [-0.4, -0.2) is 26.0 Å². The van der Waals surface area contributed by atoms with Crippen LogP contribution in [0.3, 0.4) is 0 Å². The molecular weight excluding hydrogens is 437 g/mol. The average molecular weight is 455 g/mol. The third kappa shape index (κ3) is 5.26. The molecule has 0 fully saturated rings. The molecule has 0 bridgehead atoms.